The van der Waals surface area contributed by atoms with Crippen molar-refractivity contribution in [1.82, 2.24) is 5.32 Å². The first-order valence-electron chi connectivity index (χ1n) is 6.80. The zero-order valence-corrected chi connectivity index (χ0v) is 14.6. The Kier molecular flexibility index (Phi) is 6.50. The molecule has 22 heavy (non-hydrogen) atoms. The Morgan fingerprint density at radius 3 is 2.36 bits per heavy atom. The van der Waals surface area contributed by atoms with Gasteiger partial charge in [-0.05, 0) is 39.0 Å². The number of carbonyl (C=O) groups excluding carboxylic acids is 2. The molecule has 0 unspecified atom stereocenters. The molecular weight excluding hydrogens is 327 g/mol. The summed E-state index contributed by atoms with van der Waals surface area (Å²) in [5.41, 5.74) is 0.0570. The molecule has 1 aromatic rings. The van der Waals surface area contributed by atoms with E-state index in [9.17, 15) is 9.59 Å². The first kappa shape index (κ1) is 18.6. The van der Waals surface area contributed by atoms with Crippen LogP contribution in [0.25, 0.3) is 0 Å². The zero-order chi connectivity index (χ0) is 16.9. The van der Waals surface area contributed by atoms with Crippen LogP contribution in [0.4, 0.5) is 10.5 Å². The average Bonchev–Trinajstić information content (AvgIpc) is 2.35. The molecule has 0 radical (unpaired) electrons. The molecule has 2 amide bonds. The van der Waals surface area contributed by atoms with Gasteiger partial charge in [-0.15, -0.1) is 0 Å². The summed E-state index contributed by atoms with van der Waals surface area (Å²) in [6, 6.07) is 4.93. The van der Waals surface area contributed by atoms with Crippen molar-refractivity contribution in [1.29, 1.82) is 0 Å². The predicted octanol–water partition coefficient (Wildman–Crippen LogP) is 3.87. The molecule has 0 saturated carbocycles. The molecule has 0 heterocycles. The maximum absolute atomic E-state index is 11.8. The molecule has 0 aliphatic heterocycles. The topological polar surface area (TPSA) is 58.6 Å². The molecular formula is C15H20Cl2N2O3. The molecule has 0 aliphatic carbocycles. The van der Waals surface area contributed by atoms with Gasteiger partial charge in [0.25, 0.3) is 0 Å². The van der Waals surface area contributed by atoms with Crippen molar-refractivity contribution in [2.75, 3.05) is 18.0 Å². The number of nitrogens with zero attached hydrogens (tertiary/aromatic N) is 1. The number of rotatable bonds is 4. The van der Waals surface area contributed by atoms with Gasteiger partial charge in [0.05, 0.1) is 10.0 Å². The van der Waals surface area contributed by atoms with E-state index in [0.29, 0.717) is 22.3 Å². The van der Waals surface area contributed by atoms with Crippen LogP contribution < -0.4 is 10.2 Å². The molecule has 0 aliphatic rings. The van der Waals surface area contributed by atoms with E-state index in [1.807, 2.05) is 0 Å². The van der Waals surface area contributed by atoms with Crippen LogP contribution in [0.1, 0.15) is 27.7 Å². The molecule has 122 valence electrons. The Balaban J connectivity index is 2.64. The maximum atomic E-state index is 11.8. The first-order valence-corrected chi connectivity index (χ1v) is 7.56. The van der Waals surface area contributed by atoms with E-state index in [4.69, 9.17) is 27.9 Å². The largest absolute Gasteiger partial charge is 0.444 e. The lowest BCUT2D eigenvalue weighted by atomic mass is 10.2. The smallest absolute Gasteiger partial charge is 0.407 e. The summed E-state index contributed by atoms with van der Waals surface area (Å²) in [7, 11) is 0. The minimum Gasteiger partial charge on any atom is -0.444 e. The van der Waals surface area contributed by atoms with Gasteiger partial charge in [0, 0.05) is 25.7 Å². The second-order valence-corrected chi connectivity index (χ2v) is 6.51. The fourth-order valence-corrected chi connectivity index (χ4v) is 2.00. The fraction of sp³-hybridized carbons (Fsp3) is 0.467. The SMILES string of the molecule is CC(=O)N(CCNC(=O)OC(C)(C)C)c1ccc(Cl)c(Cl)c1. The van der Waals surface area contributed by atoms with Crippen LogP contribution in [-0.2, 0) is 9.53 Å². The summed E-state index contributed by atoms with van der Waals surface area (Å²) in [5.74, 6) is -0.163. The molecule has 0 spiro atoms. The number of benzene rings is 1. The zero-order valence-electron chi connectivity index (χ0n) is 13.1. The number of anilines is 1. The van der Waals surface area contributed by atoms with Crippen molar-refractivity contribution >= 4 is 40.9 Å². The molecule has 1 N–H and O–H groups in total. The Bertz CT molecular complexity index is 556. The minimum atomic E-state index is -0.561. The van der Waals surface area contributed by atoms with Crippen LogP contribution in [0, 0.1) is 0 Å². The lowest BCUT2D eigenvalue weighted by Crippen LogP contribution is -2.39. The van der Waals surface area contributed by atoms with Gasteiger partial charge in [0.2, 0.25) is 5.91 Å². The van der Waals surface area contributed by atoms with Gasteiger partial charge in [0.1, 0.15) is 5.60 Å². The third-order valence-electron chi connectivity index (χ3n) is 2.60. The van der Waals surface area contributed by atoms with Crippen LogP contribution >= 0.6 is 23.2 Å². The fourth-order valence-electron chi connectivity index (χ4n) is 1.71. The summed E-state index contributed by atoms with van der Waals surface area (Å²) in [5, 5.41) is 3.39. The molecule has 0 bridgehead atoms. The van der Waals surface area contributed by atoms with E-state index in [-0.39, 0.29) is 12.5 Å². The van der Waals surface area contributed by atoms with Gasteiger partial charge in [-0.3, -0.25) is 4.79 Å². The lowest BCUT2D eigenvalue weighted by molar-refractivity contribution is -0.116. The normalized spacial score (nSPS) is 11.0. The van der Waals surface area contributed by atoms with Crippen LogP contribution in [0.2, 0.25) is 10.0 Å². The number of hydrogen-bond acceptors (Lipinski definition) is 3. The number of amides is 2. The monoisotopic (exact) mass is 346 g/mol. The summed E-state index contributed by atoms with van der Waals surface area (Å²) >= 11 is 11.8. The van der Waals surface area contributed by atoms with Crippen molar-refractivity contribution in [2.24, 2.45) is 0 Å². The quantitative estimate of drug-likeness (QED) is 0.899. The van der Waals surface area contributed by atoms with Crippen LogP contribution in [0.5, 0.6) is 0 Å². The molecule has 1 rings (SSSR count). The Labute approximate surface area is 140 Å². The summed E-state index contributed by atoms with van der Waals surface area (Å²) < 4.78 is 5.13. The highest BCUT2D eigenvalue weighted by molar-refractivity contribution is 6.42. The summed E-state index contributed by atoms with van der Waals surface area (Å²) in [6.07, 6.45) is -0.523. The van der Waals surface area contributed by atoms with Gasteiger partial charge in [0.15, 0.2) is 0 Å². The molecule has 1 aromatic carbocycles. The predicted molar refractivity (Wildman–Crippen MR) is 88.7 cm³/mol. The van der Waals surface area contributed by atoms with Crippen LogP contribution in [0.15, 0.2) is 18.2 Å². The number of hydrogen-bond donors (Lipinski definition) is 1. The maximum Gasteiger partial charge on any atom is 0.407 e. The van der Waals surface area contributed by atoms with Gasteiger partial charge in [-0.2, -0.15) is 0 Å². The lowest BCUT2D eigenvalue weighted by Gasteiger charge is -2.23. The van der Waals surface area contributed by atoms with Crippen molar-refractivity contribution in [3.63, 3.8) is 0 Å². The second kappa shape index (κ2) is 7.70. The third-order valence-corrected chi connectivity index (χ3v) is 3.34. The molecule has 0 fully saturated rings. The van der Waals surface area contributed by atoms with E-state index < -0.39 is 11.7 Å². The van der Waals surface area contributed by atoms with Crippen LogP contribution in [0.3, 0.4) is 0 Å². The minimum absolute atomic E-state index is 0.163. The highest BCUT2D eigenvalue weighted by atomic mass is 35.5. The number of alkyl carbamates (subject to hydrolysis) is 1. The number of nitrogens with one attached hydrogen (secondary N) is 1. The second-order valence-electron chi connectivity index (χ2n) is 5.70. The molecule has 0 saturated heterocycles. The van der Waals surface area contributed by atoms with E-state index >= 15 is 0 Å². The van der Waals surface area contributed by atoms with Crippen molar-refractivity contribution in [3.8, 4) is 0 Å². The number of halogens is 2. The van der Waals surface area contributed by atoms with E-state index in [1.165, 1.54) is 11.8 Å². The molecule has 0 atom stereocenters. The highest BCUT2D eigenvalue weighted by Gasteiger charge is 2.17. The van der Waals surface area contributed by atoms with Crippen molar-refractivity contribution in [3.05, 3.63) is 28.2 Å². The average molecular weight is 347 g/mol. The van der Waals surface area contributed by atoms with E-state index in [0.717, 1.165) is 0 Å². The van der Waals surface area contributed by atoms with Gasteiger partial charge >= 0.3 is 6.09 Å². The molecule has 7 heteroatoms. The van der Waals surface area contributed by atoms with Crippen molar-refractivity contribution in [2.45, 2.75) is 33.3 Å². The Morgan fingerprint density at radius 1 is 1.23 bits per heavy atom. The van der Waals surface area contributed by atoms with E-state index in [1.54, 1.807) is 39.0 Å². The third kappa shape index (κ3) is 6.12. The standard InChI is InChI=1S/C15H20Cl2N2O3/c1-10(20)19(11-5-6-12(16)13(17)9-11)8-7-18-14(21)22-15(2,3)4/h5-6,9H,7-8H2,1-4H3,(H,18,21). The number of carbonyl (C=O) groups is 2. The van der Waals surface area contributed by atoms with Gasteiger partial charge < -0.3 is 15.0 Å². The van der Waals surface area contributed by atoms with E-state index in [2.05, 4.69) is 5.32 Å². The molecule has 0 aromatic heterocycles. The summed E-state index contributed by atoms with van der Waals surface area (Å²) in [4.78, 5) is 24.8. The van der Waals surface area contributed by atoms with Gasteiger partial charge in [-0.25, -0.2) is 4.79 Å². The Hall–Kier alpha value is -1.46. The van der Waals surface area contributed by atoms with Gasteiger partial charge in [-0.1, -0.05) is 23.2 Å². The Morgan fingerprint density at radius 2 is 1.86 bits per heavy atom. The first-order chi connectivity index (χ1) is 10.1. The summed E-state index contributed by atoms with van der Waals surface area (Å²) in [6.45, 7) is 7.34. The highest BCUT2D eigenvalue weighted by Crippen LogP contribution is 2.27. The van der Waals surface area contributed by atoms with Crippen molar-refractivity contribution < 1.29 is 14.3 Å². The molecule has 5 nitrogen and oxygen atoms in total. The number of ether oxygens (including phenoxy) is 1. The van der Waals surface area contributed by atoms with Crippen LogP contribution in [-0.4, -0.2) is 30.7 Å².